The van der Waals surface area contributed by atoms with E-state index in [9.17, 15) is 4.79 Å². The summed E-state index contributed by atoms with van der Waals surface area (Å²) in [5.74, 6) is 1.26. The van der Waals surface area contributed by atoms with Crippen LogP contribution >= 0.6 is 0 Å². The van der Waals surface area contributed by atoms with E-state index >= 15 is 0 Å². The van der Waals surface area contributed by atoms with Crippen molar-refractivity contribution in [3.8, 4) is 11.5 Å². The molecule has 0 spiro atoms. The van der Waals surface area contributed by atoms with Crippen molar-refractivity contribution in [2.75, 3.05) is 32.2 Å². The predicted molar refractivity (Wildman–Crippen MR) is 98.5 cm³/mol. The fraction of sp³-hybridized carbons (Fsp3) is 0.250. The van der Waals surface area contributed by atoms with E-state index in [1.54, 1.807) is 55.6 Å². The fourth-order valence-electron chi connectivity index (χ4n) is 1.99. The first kappa shape index (κ1) is 18.5. The number of ether oxygens (including phenoxy) is 3. The van der Waals surface area contributed by atoms with Crippen LogP contribution in [0.2, 0.25) is 0 Å². The molecule has 5 heteroatoms. The minimum Gasteiger partial charge on any atom is -0.491 e. The molecule has 0 unspecified atom stereocenters. The van der Waals surface area contributed by atoms with Crippen LogP contribution in [0.1, 0.15) is 17.3 Å². The molecule has 2 aromatic rings. The van der Waals surface area contributed by atoms with Crippen molar-refractivity contribution in [2.24, 2.45) is 0 Å². The Morgan fingerprint density at radius 3 is 2.16 bits per heavy atom. The van der Waals surface area contributed by atoms with Crippen molar-refractivity contribution in [2.45, 2.75) is 6.92 Å². The van der Waals surface area contributed by atoms with Crippen molar-refractivity contribution in [1.29, 1.82) is 0 Å². The van der Waals surface area contributed by atoms with Crippen LogP contribution in [-0.4, -0.2) is 32.8 Å². The van der Waals surface area contributed by atoms with Gasteiger partial charge >= 0.3 is 0 Å². The van der Waals surface area contributed by atoms with E-state index in [0.29, 0.717) is 36.8 Å². The lowest BCUT2D eigenvalue weighted by molar-refractivity contribution is 0.102. The largest absolute Gasteiger partial charge is 0.491 e. The van der Waals surface area contributed by atoms with Gasteiger partial charge in [0.05, 0.1) is 6.61 Å². The molecule has 0 heterocycles. The zero-order valence-electron chi connectivity index (χ0n) is 14.6. The molecule has 2 aromatic carbocycles. The molecule has 0 aliphatic rings. The maximum atomic E-state index is 12.3. The second kappa shape index (κ2) is 9.49. The lowest BCUT2D eigenvalue weighted by Crippen LogP contribution is -2.11. The molecule has 0 aliphatic carbocycles. The summed E-state index contributed by atoms with van der Waals surface area (Å²) in [5, 5.41) is 2.85. The number of amides is 1. The minimum atomic E-state index is -0.181. The second-order valence-electron chi connectivity index (χ2n) is 5.59. The van der Waals surface area contributed by atoms with Gasteiger partial charge in [0, 0.05) is 18.4 Å². The van der Waals surface area contributed by atoms with E-state index in [-0.39, 0.29) is 5.91 Å². The third kappa shape index (κ3) is 6.31. The van der Waals surface area contributed by atoms with Gasteiger partial charge in [0.2, 0.25) is 0 Å². The van der Waals surface area contributed by atoms with Gasteiger partial charge in [-0.05, 0) is 61.0 Å². The smallest absolute Gasteiger partial charge is 0.255 e. The summed E-state index contributed by atoms with van der Waals surface area (Å²) in [7, 11) is 1.63. The number of hydrogen-bond acceptors (Lipinski definition) is 4. The van der Waals surface area contributed by atoms with Crippen LogP contribution in [0.3, 0.4) is 0 Å². The van der Waals surface area contributed by atoms with Gasteiger partial charge in [-0.3, -0.25) is 4.79 Å². The number of carbonyl (C=O) groups excluding carboxylic acids is 1. The Kier molecular flexibility index (Phi) is 7.04. The highest BCUT2D eigenvalue weighted by Gasteiger charge is 2.06. The van der Waals surface area contributed by atoms with E-state index in [4.69, 9.17) is 14.2 Å². The summed E-state index contributed by atoms with van der Waals surface area (Å²) in [4.78, 5) is 12.3. The van der Waals surface area contributed by atoms with E-state index in [1.807, 2.05) is 6.92 Å². The Balaban J connectivity index is 1.89. The predicted octanol–water partition coefficient (Wildman–Crippen LogP) is 3.92. The van der Waals surface area contributed by atoms with Crippen LogP contribution in [0.15, 0.2) is 60.7 Å². The molecule has 0 radical (unpaired) electrons. The van der Waals surface area contributed by atoms with Crippen molar-refractivity contribution in [3.63, 3.8) is 0 Å². The summed E-state index contributed by atoms with van der Waals surface area (Å²) in [6.07, 6.45) is 0. The number of hydrogen-bond donors (Lipinski definition) is 1. The van der Waals surface area contributed by atoms with Crippen LogP contribution in [0, 0.1) is 0 Å². The van der Waals surface area contributed by atoms with Gasteiger partial charge in [-0.2, -0.15) is 0 Å². The van der Waals surface area contributed by atoms with E-state index in [0.717, 1.165) is 11.3 Å². The Morgan fingerprint density at radius 1 is 0.960 bits per heavy atom. The zero-order valence-corrected chi connectivity index (χ0v) is 14.6. The van der Waals surface area contributed by atoms with Gasteiger partial charge in [-0.1, -0.05) is 6.58 Å². The fourth-order valence-corrected chi connectivity index (χ4v) is 1.99. The third-order valence-electron chi connectivity index (χ3n) is 3.27. The van der Waals surface area contributed by atoms with Crippen LogP contribution in [0.25, 0.3) is 0 Å². The molecule has 0 fully saturated rings. The summed E-state index contributed by atoms with van der Waals surface area (Å²) < 4.78 is 15.9. The molecule has 0 saturated carbocycles. The van der Waals surface area contributed by atoms with Crippen LogP contribution in [0.5, 0.6) is 11.5 Å². The minimum absolute atomic E-state index is 0.181. The molecule has 0 aliphatic heterocycles. The molecular weight excluding hydrogens is 318 g/mol. The SMILES string of the molecule is C=C(C)COc1ccc(C(=O)Nc2ccc(OCCOC)cc2)cc1. The highest BCUT2D eigenvalue weighted by molar-refractivity contribution is 6.04. The molecule has 1 N–H and O–H groups in total. The standard InChI is InChI=1S/C20H23NO4/c1-15(2)14-25-19-8-4-16(5-9-19)20(22)21-17-6-10-18(11-7-17)24-13-12-23-3/h4-11H,1,12-14H2,2-3H3,(H,21,22). The number of carbonyl (C=O) groups is 1. The van der Waals surface area contributed by atoms with Crippen molar-refractivity contribution >= 4 is 11.6 Å². The number of methoxy groups -OCH3 is 1. The van der Waals surface area contributed by atoms with Gasteiger partial charge in [0.1, 0.15) is 24.7 Å². The summed E-state index contributed by atoms with van der Waals surface area (Å²) in [5.41, 5.74) is 2.20. The lowest BCUT2D eigenvalue weighted by atomic mass is 10.2. The average molecular weight is 341 g/mol. The molecule has 2 rings (SSSR count). The maximum absolute atomic E-state index is 12.3. The van der Waals surface area contributed by atoms with Crippen molar-refractivity contribution < 1.29 is 19.0 Å². The molecule has 0 aromatic heterocycles. The van der Waals surface area contributed by atoms with Crippen molar-refractivity contribution in [3.05, 3.63) is 66.2 Å². The van der Waals surface area contributed by atoms with Gasteiger partial charge in [-0.15, -0.1) is 0 Å². The Morgan fingerprint density at radius 2 is 1.56 bits per heavy atom. The average Bonchev–Trinajstić information content (AvgIpc) is 2.62. The van der Waals surface area contributed by atoms with Gasteiger partial charge < -0.3 is 19.5 Å². The topological polar surface area (TPSA) is 56.8 Å². The number of benzene rings is 2. The van der Waals surface area contributed by atoms with Crippen LogP contribution < -0.4 is 14.8 Å². The number of anilines is 1. The third-order valence-corrected chi connectivity index (χ3v) is 3.27. The van der Waals surface area contributed by atoms with Gasteiger partial charge in [0.15, 0.2) is 0 Å². The first-order valence-electron chi connectivity index (χ1n) is 7.99. The molecule has 0 atom stereocenters. The number of nitrogens with one attached hydrogen (secondary N) is 1. The Bertz CT molecular complexity index is 693. The second-order valence-corrected chi connectivity index (χ2v) is 5.59. The van der Waals surface area contributed by atoms with E-state index < -0.39 is 0 Å². The zero-order chi connectivity index (χ0) is 18.1. The maximum Gasteiger partial charge on any atom is 0.255 e. The van der Waals surface area contributed by atoms with Crippen LogP contribution in [-0.2, 0) is 4.74 Å². The molecule has 0 bridgehead atoms. The Labute approximate surface area is 148 Å². The molecule has 0 saturated heterocycles. The first-order valence-corrected chi connectivity index (χ1v) is 7.99. The molecule has 1 amide bonds. The highest BCUT2D eigenvalue weighted by Crippen LogP contribution is 2.18. The lowest BCUT2D eigenvalue weighted by Gasteiger charge is -2.09. The monoisotopic (exact) mass is 341 g/mol. The van der Waals surface area contributed by atoms with Crippen LogP contribution in [0.4, 0.5) is 5.69 Å². The summed E-state index contributed by atoms with van der Waals surface area (Å²) in [6.45, 7) is 7.17. The molecule has 25 heavy (non-hydrogen) atoms. The summed E-state index contributed by atoms with van der Waals surface area (Å²) >= 11 is 0. The number of rotatable bonds is 9. The van der Waals surface area contributed by atoms with E-state index in [1.165, 1.54) is 0 Å². The quantitative estimate of drug-likeness (QED) is 0.555. The van der Waals surface area contributed by atoms with Crippen molar-refractivity contribution in [1.82, 2.24) is 0 Å². The van der Waals surface area contributed by atoms with E-state index in [2.05, 4.69) is 11.9 Å². The normalized spacial score (nSPS) is 10.2. The van der Waals surface area contributed by atoms with Gasteiger partial charge in [-0.25, -0.2) is 0 Å². The molecule has 132 valence electrons. The Hall–Kier alpha value is -2.79. The van der Waals surface area contributed by atoms with Gasteiger partial charge in [0.25, 0.3) is 5.91 Å². The summed E-state index contributed by atoms with van der Waals surface area (Å²) in [6, 6.07) is 14.2. The first-order chi connectivity index (χ1) is 12.1. The highest BCUT2D eigenvalue weighted by atomic mass is 16.5. The molecular formula is C20H23NO4. The molecule has 5 nitrogen and oxygen atoms in total.